The SMILES string of the molecule is Cc1cccc(C(=O)N(C)c2cccc(O)c2)c1O. The van der Waals surface area contributed by atoms with Gasteiger partial charge in [-0.25, -0.2) is 0 Å². The summed E-state index contributed by atoms with van der Waals surface area (Å²) in [5.41, 5.74) is 1.45. The molecule has 0 aliphatic rings. The van der Waals surface area contributed by atoms with Crippen LogP contribution in [0.15, 0.2) is 42.5 Å². The lowest BCUT2D eigenvalue weighted by Gasteiger charge is -2.18. The van der Waals surface area contributed by atoms with Crippen LogP contribution in [0.1, 0.15) is 15.9 Å². The number of para-hydroxylation sites is 1. The normalized spacial score (nSPS) is 10.2. The van der Waals surface area contributed by atoms with E-state index in [0.29, 0.717) is 11.3 Å². The number of aromatic hydroxyl groups is 2. The molecule has 0 bridgehead atoms. The predicted octanol–water partition coefficient (Wildman–Crippen LogP) is 2.68. The van der Waals surface area contributed by atoms with Crippen molar-refractivity contribution in [1.82, 2.24) is 0 Å². The van der Waals surface area contributed by atoms with Crippen molar-refractivity contribution in [3.05, 3.63) is 53.6 Å². The fourth-order valence-electron chi connectivity index (χ4n) is 1.83. The highest BCUT2D eigenvalue weighted by molar-refractivity contribution is 6.07. The third-order valence-electron chi connectivity index (χ3n) is 2.99. The molecule has 19 heavy (non-hydrogen) atoms. The average Bonchev–Trinajstić information content (AvgIpc) is 2.40. The Bertz CT molecular complexity index is 623. The van der Waals surface area contributed by atoms with Gasteiger partial charge in [0.05, 0.1) is 5.56 Å². The summed E-state index contributed by atoms with van der Waals surface area (Å²) in [5.74, 6) is -0.253. The molecule has 0 atom stereocenters. The lowest BCUT2D eigenvalue weighted by Crippen LogP contribution is -2.26. The summed E-state index contributed by atoms with van der Waals surface area (Å²) < 4.78 is 0. The van der Waals surface area contributed by atoms with Gasteiger partial charge in [0.15, 0.2) is 0 Å². The van der Waals surface area contributed by atoms with Gasteiger partial charge in [0.1, 0.15) is 11.5 Å². The summed E-state index contributed by atoms with van der Waals surface area (Å²) in [4.78, 5) is 13.7. The molecule has 0 unspecified atom stereocenters. The van der Waals surface area contributed by atoms with E-state index in [9.17, 15) is 15.0 Å². The number of amides is 1. The molecule has 4 heteroatoms. The first kappa shape index (κ1) is 13.0. The molecule has 0 saturated heterocycles. The Morgan fingerprint density at radius 3 is 2.47 bits per heavy atom. The van der Waals surface area contributed by atoms with Crippen molar-refractivity contribution in [1.29, 1.82) is 0 Å². The monoisotopic (exact) mass is 257 g/mol. The Morgan fingerprint density at radius 2 is 1.79 bits per heavy atom. The van der Waals surface area contributed by atoms with Crippen molar-refractivity contribution in [3.8, 4) is 11.5 Å². The minimum absolute atomic E-state index is 0.0143. The molecule has 2 rings (SSSR count). The van der Waals surface area contributed by atoms with Gasteiger partial charge in [-0.15, -0.1) is 0 Å². The van der Waals surface area contributed by atoms with Gasteiger partial charge in [0, 0.05) is 18.8 Å². The molecular formula is C15H15NO3. The van der Waals surface area contributed by atoms with Gasteiger partial charge in [-0.05, 0) is 30.7 Å². The number of phenols is 2. The smallest absolute Gasteiger partial charge is 0.261 e. The molecule has 2 aromatic carbocycles. The molecule has 2 aromatic rings. The number of hydrogen-bond acceptors (Lipinski definition) is 3. The maximum Gasteiger partial charge on any atom is 0.261 e. The summed E-state index contributed by atoms with van der Waals surface area (Å²) in [6.07, 6.45) is 0. The van der Waals surface area contributed by atoms with Gasteiger partial charge in [-0.3, -0.25) is 4.79 Å². The first-order valence-electron chi connectivity index (χ1n) is 5.86. The summed E-state index contributed by atoms with van der Waals surface area (Å²) in [5, 5.41) is 19.3. The van der Waals surface area contributed by atoms with Crippen LogP contribution >= 0.6 is 0 Å². The molecule has 0 heterocycles. The average molecular weight is 257 g/mol. The van der Waals surface area contributed by atoms with E-state index in [0.717, 1.165) is 0 Å². The van der Waals surface area contributed by atoms with E-state index in [1.165, 1.54) is 17.0 Å². The van der Waals surface area contributed by atoms with Gasteiger partial charge >= 0.3 is 0 Å². The molecule has 4 nitrogen and oxygen atoms in total. The second-order valence-corrected chi connectivity index (χ2v) is 4.36. The number of aryl methyl sites for hydroxylation is 1. The first-order chi connectivity index (χ1) is 9.00. The fourth-order valence-corrected chi connectivity index (χ4v) is 1.83. The van der Waals surface area contributed by atoms with Gasteiger partial charge in [0.2, 0.25) is 0 Å². The zero-order valence-corrected chi connectivity index (χ0v) is 10.8. The Hall–Kier alpha value is -2.49. The Morgan fingerprint density at radius 1 is 1.11 bits per heavy atom. The molecule has 0 spiro atoms. The van der Waals surface area contributed by atoms with Crippen LogP contribution in [0.4, 0.5) is 5.69 Å². The predicted molar refractivity (Wildman–Crippen MR) is 73.7 cm³/mol. The van der Waals surface area contributed by atoms with Crippen LogP contribution in [-0.2, 0) is 0 Å². The highest BCUT2D eigenvalue weighted by Crippen LogP contribution is 2.26. The van der Waals surface area contributed by atoms with Crippen LogP contribution in [0.5, 0.6) is 11.5 Å². The second-order valence-electron chi connectivity index (χ2n) is 4.36. The van der Waals surface area contributed by atoms with Crippen molar-refractivity contribution in [2.24, 2.45) is 0 Å². The fraction of sp³-hybridized carbons (Fsp3) is 0.133. The molecule has 0 aromatic heterocycles. The van der Waals surface area contributed by atoms with Crippen LogP contribution in [-0.4, -0.2) is 23.2 Å². The second kappa shape index (κ2) is 5.02. The van der Waals surface area contributed by atoms with Crippen molar-refractivity contribution in [2.45, 2.75) is 6.92 Å². The third kappa shape index (κ3) is 2.52. The van der Waals surface area contributed by atoms with Crippen LogP contribution in [0.3, 0.4) is 0 Å². The molecule has 0 fully saturated rings. The molecule has 0 saturated carbocycles. The molecule has 2 N–H and O–H groups in total. The van der Waals surface area contributed by atoms with E-state index >= 15 is 0 Å². The largest absolute Gasteiger partial charge is 0.508 e. The summed E-state index contributed by atoms with van der Waals surface area (Å²) in [6, 6.07) is 11.4. The number of benzene rings is 2. The van der Waals surface area contributed by atoms with Gasteiger partial charge < -0.3 is 15.1 Å². The number of phenolic OH excluding ortho intramolecular Hbond substituents is 2. The Balaban J connectivity index is 2.36. The zero-order valence-electron chi connectivity index (χ0n) is 10.8. The third-order valence-corrected chi connectivity index (χ3v) is 2.99. The highest BCUT2D eigenvalue weighted by Gasteiger charge is 2.18. The number of anilines is 1. The minimum atomic E-state index is -0.327. The first-order valence-corrected chi connectivity index (χ1v) is 5.86. The number of hydrogen-bond donors (Lipinski definition) is 2. The van der Waals surface area contributed by atoms with Crippen LogP contribution in [0, 0.1) is 6.92 Å². The summed E-state index contributed by atoms with van der Waals surface area (Å²) in [7, 11) is 1.60. The maximum absolute atomic E-state index is 12.3. The van der Waals surface area contributed by atoms with Crippen LogP contribution in [0.2, 0.25) is 0 Å². The quantitative estimate of drug-likeness (QED) is 0.869. The maximum atomic E-state index is 12.3. The number of nitrogens with zero attached hydrogens (tertiary/aromatic N) is 1. The van der Waals surface area contributed by atoms with Crippen molar-refractivity contribution in [2.75, 3.05) is 11.9 Å². The van der Waals surface area contributed by atoms with E-state index in [1.807, 2.05) is 0 Å². The molecule has 0 radical (unpaired) electrons. The topological polar surface area (TPSA) is 60.8 Å². The van der Waals surface area contributed by atoms with E-state index in [4.69, 9.17) is 0 Å². The number of carbonyl (C=O) groups is 1. The van der Waals surface area contributed by atoms with E-state index in [2.05, 4.69) is 0 Å². The summed E-state index contributed by atoms with van der Waals surface area (Å²) in [6.45, 7) is 1.74. The van der Waals surface area contributed by atoms with Crippen molar-refractivity contribution >= 4 is 11.6 Å². The summed E-state index contributed by atoms with van der Waals surface area (Å²) >= 11 is 0. The lowest BCUT2D eigenvalue weighted by molar-refractivity contribution is 0.0990. The Kier molecular flexibility index (Phi) is 3.42. The van der Waals surface area contributed by atoms with Crippen LogP contribution in [0.25, 0.3) is 0 Å². The van der Waals surface area contributed by atoms with Gasteiger partial charge in [-0.1, -0.05) is 18.2 Å². The molecule has 1 amide bonds. The van der Waals surface area contributed by atoms with Crippen molar-refractivity contribution in [3.63, 3.8) is 0 Å². The lowest BCUT2D eigenvalue weighted by atomic mass is 10.1. The van der Waals surface area contributed by atoms with Gasteiger partial charge in [-0.2, -0.15) is 0 Å². The van der Waals surface area contributed by atoms with Crippen LogP contribution < -0.4 is 4.90 Å². The van der Waals surface area contributed by atoms with E-state index in [1.54, 1.807) is 44.3 Å². The zero-order chi connectivity index (χ0) is 14.0. The number of carbonyl (C=O) groups excluding carboxylic acids is 1. The number of rotatable bonds is 2. The Labute approximate surface area is 111 Å². The van der Waals surface area contributed by atoms with E-state index in [-0.39, 0.29) is 23.0 Å². The molecular weight excluding hydrogens is 242 g/mol. The minimum Gasteiger partial charge on any atom is -0.508 e. The van der Waals surface area contributed by atoms with Gasteiger partial charge in [0.25, 0.3) is 5.91 Å². The standard InChI is InChI=1S/C15H15NO3/c1-10-5-3-8-13(14(10)18)15(19)16(2)11-6-4-7-12(17)9-11/h3-9,17-18H,1-2H3. The highest BCUT2D eigenvalue weighted by atomic mass is 16.3. The van der Waals surface area contributed by atoms with Crippen molar-refractivity contribution < 1.29 is 15.0 Å². The molecule has 0 aliphatic carbocycles. The molecule has 98 valence electrons. The molecule has 0 aliphatic heterocycles. The van der Waals surface area contributed by atoms with E-state index < -0.39 is 0 Å².